The van der Waals surface area contributed by atoms with Gasteiger partial charge in [-0.1, -0.05) is 0 Å². The number of hydrogen-bond donors (Lipinski definition) is 0. The lowest BCUT2D eigenvalue weighted by Gasteiger charge is -2.35. The van der Waals surface area contributed by atoms with Crippen molar-refractivity contribution in [1.82, 2.24) is 19.9 Å². The van der Waals surface area contributed by atoms with Gasteiger partial charge in [0.25, 0.3) is 5.91 Å². The molecule has 0 atom stereocenters. The molecule has 2 fully saturated rings. The summed E-state index contributed by atoms with van der Waals surface area (Å²) in [5, 5.41) is 0. The zero-order valence-corrected chi connectivity index (χ0v) is 14.2. The van der Waals surface area contributed by atoms with E-state index in [1.165, 1.54) is 12.8 Å². The first kappa shape index (κ1) is 15.8. The lowest BCUT2D eigenvalue weighted by Crippen LogP contribution is -2.49. The van der Waals surface area contributed by atoms with Gasteiger partial charge in [0.1, 0.15) is 5.82 Å². The fraction of sp³-hybridized carbons (Fsp3) is 0.444. The first-order valence-corrected chi connectivity index (χ1v) is 8.83. The van der Waals surface area contributed by atoms with Crippen LogP contribution in [-0.4, -0.2) is 65.0 Å². The lowest BCUT2D eigenvalue weighted by atomic mass is 10.2. The van der Waals surface area contributed by atoms with Gasteiger partial charge in [0.05, 0.1) is 0 Å². The minimum atomic E-state index is 0.0718. The predicted octanol–water partition coefficient (Wildman–Crippen LogP) is 1.43. The minimum Gasteiger partial charge on any atom is -0.353 e. The number of aromatic nitrogens is 3. The van der Waals surface area contributed by atoms with Gasteiger partial charge in [-0.25, -0.2) is 4.98 Å². The average molecular weight is 338 g/mol. The Bertz CT molecular complexity index is 723. The van der Waals surface area contributed by atoms with Crippen LogP contribution < -0.4 is 9.80 Å². The molecule has 0 radical (unpaired) electrons. The van der Waals surface area contributed by atoms with Crippen LogP contribution in [0.5, 0.6) is 0 Å². The Morgan fingerprint density at radius 1 is 0.840 bits per heavy atom. The number of hydrogen-bond acceptors (Lipinski definition) is 6. The average Bonchev–Trinajstić information content (AvgIpc) is 3.23. The zero-order chi connectivity index (χ0) is 17.1. The van der Waals surface area contributed by atoms with E-state index in [1.54, 1.807) is 24.5 Å². The Kier molecular flexibility index (Phi) is 4.45. The molecule has 0 aliphatic carbocycles. The van der Waals surface area contributed by atoms with Crippen LogP contribution in [-0.2, 0) is 0 Å². The van der Waals surface area contributed by atoms with Crippen molar-refractivity contribution in [3.8, 4) is 0 Å². The number of anilines is 2. The van der Waals surface area contributed by atoms with Crippen LogP contribution in [0.3, 0.4) is 0 Å². The van der Waals surface area contributed by atoms with Gasteiger partial charge < -0.3 is 14.7 Å². The molecule has 2 aromatic heterocycles. The quantitative estimate of drug-likeness (QED) is 0.844. The fourth-order valence-electron chi connectivity index (χ4n) is 3.40. The van der Waals surface area contributed by atoms with Crippen molar-refractivity contribution in [2.45, 2.75) is 12.8 Å². The number of rotatable bonds is 3. The standard InChI is InChI=1S/C18H22N6O/c25-17(15-3-6-19-7-4-15)23-13-11-22(12-14-23)16-5-8-20-18(21-16)24-9-1-2-10-24/h3-8H,1-2,9-14H2. The topological polar surface area (TPSA) is 65.5 Å². The fourth-order valence-corrected chi connectivity index (χ4v) is 3.40. The van der Waals surface area contributed by atoms with Crippen LogP contribution >= 0.6 is 0 Å². The molecule has 0 spiro atoms. The van der Waals surface area contributed by atoms with Gasteiger partial charge in [-0.15, -0.1) is 0 Å². The number of amides is 1. The predicted molar refractivity (Wildman–Crippen MR) is 95.8 cm³/mol. The highest BCUT2D eigenvalue weighted by molar-refractivity contribution is 5.94. The van der Waals surface area contributed by atoms with Crippen molar-refractivity contribution >= 4 is 17.7 Å². The van der Waals surface area contributed by atoms with E-state index in [0.29, 0.717) is 18.7 Å². The van der Waals surface area contributed by atoms with Crippen LogP contribution in [0.15, 0.2) is 36.8 Å². The van der Waals surface area contributed by atoms with E-state index in [2.05, 4.69) is 19.8 Å². The molecular weight excluding hydrogens is 316 g/mol. The van der Waals surface area contributed by atoms with E-state index in [9.17, 15) is 4.79 Å². The van der Waals surface area contributed by atoms with Crippen LogP contribution in [0.25, 0.3) is 0 Å². The maximum Gasteiger partial charge on any atom is 0.254 e. The summed E-state index contributed by atoms with van der Waals surface area (Å²) in [6, 6.07) is 5.49. The van der Waals surface area contributed by atoms with E-state index in [4.69, 9.17) is 4.98 Å². The van der Waals surface area contributed by atoms with Gasteiger partial charge in [0.2, 0.25) is 5.95 Å². The lowest BCUT2D eigenvalue weighted by molar-refractivity contribution is 0.0746. The van der Waals surface area contributed by atoms with E-state index in [-0.39, 0.29) is 5.91 Å². The summed E-state index contributed by atoms with van der Waals surface area (Å²) in [5.41, 5.74) is 0.696. The Hall–Kier alpha value is -2.70. The second-order valence-electron chi connectivity index (χ2n) is 6.42. The Morgan fingerprint density at radius 3 is 2.28 bits per heavy atom. The molecule has 25 heavy (non-hydrogen) atoms. The summed E-state index contributed by atoms with van der Waals surface area (Å²) in [6.07, 6.45) is 7.58. The van der Waals surface area contributed by atoms with Gasteiger partial charge >= 0.3 is 0 Å². The normalized spacial score (nSPS) is 17.8. The molecule has 0 N–H and O–H groups in total. The zero-order valence-electron chi connectivity index (χ0n) is 14.2. The maximum absolute atomic E-state index is 12.5. The molecule has 4 rings (SSSR count). The summed E-state index contributed by atoms with van der Waals surface area (Å²) in [6.45, 7) is 5.05. The third-order valence-electron chi connectivity index (χ3n) is 4.84. The Morgan fingerprint density at radius 2 is 1.56 bits per heavy atom. The second-order valence-corrected chi connectivity index (χ2v) is 6.42. The molecule has 2 saturated heterocycles. The summed E-state index contributed by atoms with van der Waals surface area (Å²) >= 11 is 0. The number of pyridine rings is 1. The van der Waals surface area contributed by atoms with Crippen LogP contribution in [0, 0.1) is 0 Å². The molecule has 0 unspecified atom stereocenters. The Labute approximate surface area is 147 Å². The summed E-state index contributed by atoms with van der Waals surface area (Å²) in [7, 11) is 0. The van der Waals surface area contributed by atoms with Gasteiger partial charge in [-0.2, -0.15) is 4.98 Å². The highest BCUT2D eigenvalue weighted by Gasteiger charge is 2.23. The minimum absolute atomic E-state index is 0.0718. The highest BCUT2D eigenvalue weighted by Crippen LogP contribution is 2.20. The van der Waals surface area contributed by atoms with Gasteiger partial charge in [-0.3, -0.25) is 9.78 Å². The molecule has 2 aliphatic heterocycles. The molecule has 7 heteroatoms. The monoisotopic (exact) mass is 338 g/mol. The summed E-state index contributed by atoms with van der Waals surface area (Å²) in [4.78, 5) is 32.0. The van der Waals surface area contributed by atoms with Crippen molar-refractivity contribution in [2.24, 2.45) is 0 Å². The third-order valence-corrected chi connectivity index (χ3v) is 4.84. The van der Waals surface area contributed by atoms with Crippen molar-refractivity contribution in [1.29, 1.82) is 0 Å². The van der Waals surface area contributed by atoms with Crippen molar-refractivity contribution in [3.05, 3.63) is 42.4 Å². The summed E-state index contributed by atoms with van der Waals surface area (Å²) in [5.74, 6) is 1.85. The van der Waals surface area contributed by atoms with Crippen LogP contribution in [0.1, 0.15) is 23.2 Å². The molecule has 0 aromatic carbocycles. The van der Waals surface area contributed by atoms with Crippen molar-refractivity contribution < 1.29 is 4.79 Å². The van der Waals surface area contributed by atoms with E-state index in [0.717, 1.165) is 37.9 Å². The SMILES string of the molecule is O=C(c1ccncc1)N1CCN(c2ccnc(N3CCCC3)n2)CC1. The van der Waals surface area contributed by atoms with Gasteiger partial charge in [0, 0.05) is 63.4 Å². The number of nitrogens with zero attached hydrogens (tertiary/aromatic N) is 6. The van der Waals surface area contributed by atoms with Crippen molar-refractivity contribution in [2.75, 3.05) is 49.1 Å². The van der Waals surface area contributed by atoms with Crippen molar-refractivity contribution in [3.63, 3.8) is 0 Å². The molecule has 7 nitrogen and oxygen atoms in total. The first-order valence-electron chi connectivity index (χ1n) is 8.83. The number of carbonyl (C=O) groups is 1. The van der Waals surface area contributed by atoms with Gasteiger partial charge in [0.15, 0.2) is 0 Å². The number of carbonyl (C=O) groups excluding carboxylic acids is 1. The molecular formula is C18H22N6O. The van der Waals surface area contributed by atoms with E-state index in [1.807, 2.05) is 17.2 Å². The van der Waals surface area contributed by atoms with E-state index < -0.39 is 0 Å². The Balaban J connectivity index is 1.40. The largest absolute Gasteiger partial charge is 0.353 e. The second kappa shape index (κ2) is 7.04. The molecule has 1 amide bonds. The molecule has 130 valence electrons. The molecule has 4 heterocycles. The molecule has 2 aromatic rings. The molecule has 0 saturated carbocycles. The van der Waals surface area contributed by atoms with E-state index >= 15 is 0 Å². The first-order chi connectivity index (χ1) is 12.3. The molecule has 2 aliphatic rings. The third kappa shape index (κ3) is 3.40. The summed E-state index contributed by atoms with van der Waals surface area (Å²) < 4.78 is 0. The maximum atomic E-state index is 12.5. The van der Waals surface area contributed by atoms with Crippen LogP contribution in [0.2, 0.25) is 0 Å². The smallest absolute Gasteiger partial charge is 0.254 e. The van der Waals surface area contributed by atoms with Gasteiger partial charge in [-0.05, 0) is 31.0 Å². The van der Waals surface area contributed by atoms with Crippen LogP contribution in [0.4, 0.5) is 11.8 Å². The highest BCUT2D eigenvalue weighted by atomic mass is 16.2. The number of piperazine rings is 1. The molecule has 0 bridgehead atoms.